The fourth-order valence-electron chi connectivity index (χ4n) is 3.69. The lowest BCUT2D eigenvalue weighted by atomic mass is 9.98. The monoisotopic (exact) mass is 361 g/mol. The van der Waals surface area contributed by atoms with Crippen LogP contribution in [0, 0.1) is 27.7 Å². The predicted molar refractivity (Wildman–Crippen MR) is 99.4 cm³/mol. The maximum atomic E-state index is 12.9. The Kier molecular flexibility index (Phi) is 5.02. The first-order valence-electron chi connectivity index (χ1n) is 8.92. The van der Waals surface area contributed by atoms with Gasteiger partial charge in [-0.25, -0.2) is 13.1 Å². The Morgan fingerprint density at radius 1 is 1.08 bits per heavy atom. The highest BCUT2D eigenvalue weighted by Crippen LogP contribution is 2.26. The molecule has 0 aliphatic heterocycles. The lowest BCUT2D eigenvalue weighted by Gasteiger charge is -2.17. The van der Waals surface area contributed by atoms with Gasteiger partial charge in [-0.15, -0.1) is 0 Å². The van der Waals surface area contributed by atoms with Crippen LogP contribution in [0.5, 0.6) is 0 Å². The molecule has 1 aliphatic rings. The molecule has 0 radical (unpaired) electrons. The summed E-state index contributed by atoms with van der Waals surface area (Å²) in [6.07, 6.45) is 6.46. The van der Waals surface area contributed by atoms with Crippen LogP contribution in [0.25, 0.3) is 0 Å². The summed E-state index contributed by atoms with van der Waals surface area (Å²) in [5.74, 6) is 0. The van der Waals surface area contributed by atoms with Crippen molar-refractivity contribution in [3.05, 3.63) is 45.8 Å². The molecule has 0 fully saturated rings. The first-order chi connectivity index (χ1) is 11.8. The van der Waals surface area contributed by atoms with Gasteiger partial charge in [-0.1, -0.05) is 6.07 Å². The Hall–Kier alpha value is -1.66. The summed E-state index contributed by atoms with van der Waals surface area (Å²) in [7, 11) is -3.53. The van der Waals surface area contributed by atoms with Gasteiger partial charge >= 0.3 is 0 Å². The summed E-state index contributed by atoms with van der Waals surface area (Å²) in [5.41, 5.74) is 6.24. The van der Waals surface area contributed by atoms with Crippen molar-refractivity contribution in [3.8, 4) is 0 Å². The van der Waals surface area contributed by atoms with Gasteiger partial charge in [0.1, 0.15) is 0 Å². The van der Waals surface area contributed by atoms with Crippen molar-refractivity contribution in [1.29, 1.82) is 0 Å². The number of fused-ring (bicyclic) bond motifs is 1. The van der Waals surface area contributed by atoms with Gasteiger partial charge < -0.3 is 0 Å². The lowest BCUT2D eigenvalue weighted by molar-refractivity contribution is 0.538. The van der Waals surface area contributed by atoms with Gasteiger partial charge in [-0.3, -0.25) is 4.68 Å². The zero-order valence-corrected chi connectivity index (χ0v) is 16.3. The topological polar surface area (TPSA) is 64.0 Å². The normalized spacial score (nSPS) is 14.6. The van der Waals surface area contributed by atoms with Crippen LogP contribution in [0.2, 0.25) is 0 Å². The van der Waals surface area contributed by atoms with Crippen LogP contribution in [0.4, 0.5) is 0 Å². The molecule has 1 aromatic heterocycles. The number of hydrogen-bond donors (Lipinski definition) is 1. The fraction of sp³-hybridized carbons (Fsp3) is 0.526. The van der Waals surface area contributed by atoms with Crippen molar-refractivity contribution in [2.24, 2.45) is 0 Å². The fourth-order valence-corrected chi connectivity index (χ4v) is 5.32. The highest BCUT2D eigenvalue weighted by atomic mass is 32.2. The number of nitrogens with one attached hydrogen (secondary N) is 1. The van der Waals surface area contributed by atoms with Gasteiger partial charge in [0.15, 0.2) is 0 Å². The Labute approximate surface area is 150 Å². The molecule has 1 heterocycles. The molecule has 1 aromatic carbocycles. The molecule has 0 amide bonds. The molecule has 0 bridgehead atoms. The first-order valence-corrected chi connectivity index (χ1v) is 10.4. The highest BCUT2D eigenvalue weighted by molar-refractivity contribution is 7.89. The van der Waals surface area contributed by atoms with Crippen LogP contribution >= 0.6 is 0 Å². The van der Waals surface area contributed by atoms with Gasteiger partial charge in [0.2, 0.25) is 10.0 Å². The minimum absolute atomic E-state index is 0.350. The molecule has 0 saturated heterocycles. The van der Waals surface area contributed by atoms with E-state index in [1.54, 1.807) is 0 Å². The minimum atomic E-state index is -3.53. The van der Waals surface area contributed by atoms with E-state index in [9.17, 15) is 8.42 Å². The largest absolute Gasteiger partial charge is 0.268 e. The molecule has 0 spiro atoms. The average Bonchev–Trinajstić information content (AvgIpc) is 2.96. The smallest absolute Gasteiger partial charge is 0.241 e. The number of rotatable bonds is 5. The number of benzene rings is 1. The molecular weight excluding hydrogens is 334 g/mol. The third kappa shape index (κ3) is 3.51. The molecule has 6 heteroatoms. The second kappa shape index (κ2) is 6.92. The van der Waals surface area contributed by atoms with E-state index in [4.69, 9.17) is 0 Å². The second-order valence-corrected chi connectivity index (χ2v) is 8.74. The van der Waals surface area contributed by atoms with Gasteiger partial charge in [0.25, 0.3) is 0 Å². The Morgan fingerprint density at radius 2 is 1.72 bits per heavy atom. The van der Waals surface area contributed by atoms with Gasteiger partial charge in [-0.2, -0.15) is 5.10 Å². The summed E-state index contributed by atoms with van der Waals surface area (Å²) in [5, 5.41) is 4.44. The van der Waals surface area contributed by atoms with Crippen LogP contribution in [-0.4, -0.2) is 24.7 Å². The van der Waals surface area contributed by atoms with E-state index in [1.165, 1.54) is 24.1 Å². The molecule has 25 heavy (non-hydrogen) atoms. The summed E-state index contributed by atoms with van der Waals surface area (Å²) < 4.78 is 30.4. The number of sulfonamides is 1. The molecule has 0 saturated carbocycles. The summed E-state index contributed by atoms with van der Waals surface area (Å²) in [6.45, 7) is 8.58. The van der Waals surface area contributed by atoms with E-state index >= 15 is 0 Å². The first kappa shape index (κ1) is 18.1. The molecule has 2 aromatic rings. The average molecular weight is 362 g/mol. The molecular formula is C19H27N3O2S. The minimum Gasteiger partial charge on any atom is -0.268 e. The van der Waals surface area contributed by atoms with Gasteiger partial charge in [0, 0.05) is 12.2 Å². The molecule has 136 valence electrons. The van der Waals surface area contributed by atoms with Crippen LogP contribution in [-0.2, 0) is 29.4 Å². The van der Waals surface area contributed by atoms with Crippen LogP contribution in [0.3, 0.4) is 0 Å². The van der Waals surface area contributed by atoms with E-state index < -0.39 is 10.0 Å². The number of aryl methyl sites for hydroxylation is 3. The second-order valence-electron chi connectivity index (χ2n) is 7.03. The number of nitrogens with zero attached hydrogens (tertiary/aromatic N) is 2. The Bertz CT molecular complexity index is 872. The molecule has 5 nitrogen and oxygen atoms in total. The van der Waals surface area contributed by atoms with Crippen molar-refractivity contribution in [1.82, 2.24) is 14.5 Å². The van der Waals surface area contributed by atoms with Crippen molar-refractivity contribution >= 4 is 10.0 Å². The van der Waals surface area contributed by atoms with Gasteiger partial charge in [-0.05, 0) is 81.2 Å². The standard InChI is InChI=1S/C19H27N3O2S/c1-13-11-14(2)16(4)19(15(13)3)25(23,24)21-9-10-22-18-8-6-5-7-17(18)12-20-22/h11-12,21H,5-10H2,1-4H3. The molecule has 0 atom stereocenters. The third-order valence-corrected chi connectivity index (χ3v) is 7.06. The van der Waals surface area contributed by atoms with Crippen LogP contribution in [0.15, 0.2) is 17.2 Å². The Morgan fingerprint density at radius 3 is 2.40 bits per heavy atom. The van der Waals surface area contributed by atoms with Crippen LogP contribution < -0.4 is 4.72 Å². The van der Waals surface area contributed by atoms with Crippen LogP contribution in [0.1, 0.15) is 46.4 Å². The third-order valence-electron chi connectivity index (χ3n) is 5.33. The van der Waals surface area contributed by atoms with Crippen molar-refractivity contribution in [2.45, 2.75) is 64.8 Å². The lowest BCUT2D eigenvalue weighted by Crippen LogP contribution is -2.29. The van der Waals surface area contributed by atoms with E-state index in [1.807, 2.05) is 44.6 Å². The zero-order chi connectivity index (χ0) is 18.2. The quantitative estimate of drug-likeness (QED) is 0.890. The predicted octanol–water partition coefficient (Wildman–Crippen LogP) is 2.97. The number of hydrogen-bond acceptors (Lipinski definition) is 3. The summed E-state index contributed by atoms with van der Waals surface area (Å²) in [4.78, 5) is 0.424. The van der Waals surface area contributed by atoms with Gasteiger partial charge in [0.05, 0.1) is 17.6 Å². The SMILES string of the molecule is Cc1cc(C)c(C)c(S(=O)(=O)NCCn2ncc3c2CCCC3)c1C. The van der Waals surface area contributed by atoms with Crippen molar-refractivity contribution in [3.63, 3.8) is 0 Å². The van der Waals surface area contributed by atoms with E-state index in [-0.39, 0.29) is 0 Å². The zero-order valence-electron chi connectivity index (χ0n) is 15.5. The Balaban J connectivity index is 1.76. The van der Waals surface area contributed by atoms with Crippen molar-refractivity contribution in [2.75, 3.05) is 6.54 Å². The van der Waals surface area contributed by atoms with Crippen molar-refractivity contribution < 1.29 is 8.42 Å². The maximum Gasteiger partial charge on any atom is 0.241 e. The van der Waals surface area contributed by atoms with E-state index in [2.05, 4.69) is 9.82 Å². The maximum absolute atomic E-state index is 12.9. The number of aromatic nitrogens is 2. The van der Waals surface area contributed by atoms with E-state index in [0.717, 1.165) is 35.1 Å². The molecule has 1 aliphatic carbocycles. The molecule has 1 N–H and O–H groups in total. The summed E-state index contributed by atoms with van der Waals surface area (Å²) >= 11 is 0. The molecule has 3 rings (SSSR count). The highest BCUT2D eigenvalue weighted by Gasteiger charge is 2.22. The van der Waals surface area contributed by atoms with E-state index in [0.29, 0.717) is 18.0 Å². The molecule has 0 unspecified atom stereocenters. The summed E-state index contributed by atoms with van der Waals surface area (Å²) in [6, 6.07) is 2.04.